The van der Waals surface area contributed by atoms with Crippen LogP contribution in [0.15, 0.2) is 0 Å². The van der Waals surface area contributed by atoms with Crippen LogP contribution in [-0.4, -0.2) is 50.7 Å². The van der Waals surface area contributed by atoms with Crippen molar-refractivity contribution < 1.29 is 13.3 Å². The maximum atomic E-state index is 5.64. The van der Waals surface area contributed by atoms with Gasteiger partial charge in [-0.3, -0.25) is 0 Å². The molecule has 0 spiro atoms. The highest BCUT2D eigenvalue weighted by molar-refractivity contribution is 6.99. The second-order valence-corrected chi connectivity index (χ2v) is 19.5. The van der Waals surface area contributed by atoms with Crippen molar-refractivity contribution in [2.75, 3.05) is 21.3 Å². The number of rotatable bonds is 6. The molecule has 0 fully saturated rings. The molecule has 0 heterocycles. The van der Waals surface area contributed by atoms with Crippen molar-refractivity contribution in [1.29, 1.82) is 0 Å². The van der Waals surface area contributed by atoms with Crippen molar-refractivity contribution in [3.8, 4) is 0 Å². The Morgan fingerprint density at radius 2 is 0.875 bits per heavy atom. The van der Waals surface area contributed by atoms with Crippen molar-refractivity contribution in [1.82, 2.24) is 3.90 Å². The first-order valence-electron chi connectivity index (χ1n) is 5.51. The molecule has 0 unspecified atom stereocenters. The minimum atomic E-state index is -2.66. The van der Waals surface area contributed by atoms with Crippen LogP contribution in [0.4, 0.5) is 0 Å². The quantitative estimate of drug-likeness (QED) is 0.699. The molecule has 0 aliphatic carbocycles. The summed E-state index contributed by atoms with van der Waals surface area (Å²) in [4.78, 5) is 0. The monoisotopic (exact) mass is 281 g/mol. The van der Waals surface area contributed by atoms with Gasteiger partial charge in [0.25, 0.3) is 0 Å². The van der Waals surface area contributed by atoms with Crippen LogP contribution < -0.4 is 0 Å². The Kier molecular flexibility index (Phi) is 5.59. The van der Waals surface area contributed by atoms with Gasteiger partial charge < -0.3 is 17.2 Å². The van der Waals surface area contributed by atoms with E-state index in [1.807, 2.05) is 0 Å². The van der Waals surface area contributed by atoms with Gasteiger partial charge >= 0.3 is 8.97 Å². The van der Waals surface area contributed by atoms with Crippen molar-refractivity contribution in [3.63, 3.8) is 0 Å². The summed E-state index contributed by atoms with van der Waals surface area (Å²) < 4.78 is 19.4. The summed E-state index contributed by atoms with van der Waals surface area (Å²) in [7, 11) is -0.677. The van der Waals surface area contributed by atoms with Crippen molar-refractivity contribution in [2.45, 2.75) is 39.3 Å². The van der Waals surface area contributed by atoms with Gasteiger partial charge in [0.2, 0.25) is 0 Å². The Balaban J connectivity index is 5.49. The zero-order valence-electron chi connectivity index (χ0n) is 12.2. The number of hydrogen-bond acceptors (Lipinski definition) is 4. The van der Waals surface area contributed by atoms with E-state index in [1.54, 1.807) is 21.3 Å². The summed E-state index contributed by atoms with van der Waals surface area (Å²) in [6, 6.07) is 0. The van der Waals surface area contributed by atoms with E-state index in [0.29, 0.717) is 0 Å². The first-order chi connectivity index (χ1) is 7.05. The SMILES string of the molecule is CO[Si](OC)(OC)N([Si](C)(C)C)[Si](C)(C)C. The molecule has 0 amide bonds. The molecule has 0 aromatic rings. The molecule has 0 aliphatic heterocycles. The van der Waals surface area contributed by atoms with Gasteiger partial charge in [-0.2, -0.15) is 0 Å². The van der Waals surface area contributed by atoms with Crippen LogP contribution in [0.1, 0.15) is 0 Å². The molecule has 0 aliphatic rings. The van der Waals surface area contributed by atoms with Gasteiger partial charge in [0, 0.05) is 21.3 Å². The van der Waals surface area contributed by atoms with Crippen LogP contribution in [0.5, 0.6) is 0 Å². The summed E-state index contributed by atoms with van der Waals surface area (Å²) in [5.74, 6) is 0. The van der Waals surface area contributed by atoms with E-state index < -0.39 is 25.4 Å². The largest absolute Gasteiger partial charge is 0.585 e. The maximum Gasteiger partial charge on any atom is 0.585 e. The molecule has 0 saturated heterocycles. The zero-order valence-corrected chi connectivity index (χ0v) is 15.2. The average Bonchev–Trinajstić information content (AvgIpc) is 2.10. The highest BCUT2D eigenvalue weighted by Gasteiger charge is 2.56. The third-order valence-corrected chi connectivity index (χ3v) is 16.9. The lowest BCUT2D eigenvalue weighted by atomic mass is 11.8. The summed E-state index contributed by atoms with van der Waals surface area (Å²) in [5, 5.41) is 0. The molecular weight excluding hydrogens is 254 g/mol. The van der Waals surface area contributed by atoms with Crippen LogP contribution in [0.3, 0.4) is 0 Å². The van der Waals surface area contributed by atoms with E-state index in [-0.39, 0.29) is 0 Å². The number of hydrogen-bond donors (Lipinski definition) is 0. The van der Waals surface area contributed by atoms with Crippen LogP contribution >= 0.6 is 0 Å². The standard InChI is InChI=1S/C9H27NO3Si3/c1-11-16(12-2,13-3)10(14(4,5)6)15(7,8)9/h1-9H3. The molecule has 0 rings (SSSR count). The van der Waals surface area contributed by atoms with E-state index in [9.17, 15) is 0 Å². The molecule has 7 heteroatoms. The van der Waals surface area contributed by atoms with Gasteiger partial charge in [0.1, 0.15) is 16.5 Å². The highest BCUT2D eigenvalue weighted by Crippen LogP contribution is 2.28. The molecule has 98 valence electrons. The lowest BCUT2D eigenvalue weighted by Gasteiger charge is -2.49. The summed E-state index contributed by atoms with van der Waals surface area (Å²) >= 11 is 0. The predicted molar refractivity (Wildman–Crippen MR) is 75.3 cm³/mol. The summed E-state index contributed by atoms with van der Waals surface area (Å²) in [6.45, 7) is 13.9. The second kappa shape index (κ2) is 5.42. The third kappa shape index (κ3) is 3.49. The van der Waals surface area contributed by atoms with Crippen molar-refractivity contribution >= 4 is 25.4 Å². The zero-order chi connectivity index (χ0) is 13.2. The van der Waals surface area contributed by atoms with Gasteiger partial charge in [0.15, 0.2) is 0 Å². The minimum absolute atomic E-state index is 1.54. The van der Waals surface area contributed by atoms with Gasteiger partial charge in [-0.25, -0.2) is 0 Å². The molecule has 0 radical (unpaired) electrons. The van der Waals surface area contributed by atoms with Crippen LogP contribution in [0, 0.1) is 0 Å². The Morgan fingerprint density at radius 3 is 0.938 bits per heavy atom. The Bertz CT molecular complexity index is 199. The molecule has 0 atom stereocenters. The Morgan fingerprint density at radius 1 is 0.625 bits per heavy atom. The van der Waals surface area contributed by atoms with Crippen LogP contribution in [0.2, 0.25) is 39.3 Å². The Labute approximate surface area is 104 Å². The van der Waals surface area contributed by atoms with E-state index in [1.165, 1.54) is 0 Å². The lowest BCUT2D eigenvalue weighted by molar-refractivity contribution is 0.0966. The normalized spacial score (nSPS) is 14.6. The molecule has 16 heavy (non-hydrogen) atoms. The minimum Gasteiger partial charge on any atom is -0.365 e. The maximum absolute atomic E-state index is 5.64. The Hall–Kier alpha value is 0.491. The van der Waals surface area contributed by atoms with Gasteiger partial charge in [0.05, 0.1) is 0 Å². The average molecular weight is 282 g/mol. The molecule has 0 aromatic carbocycles. The molecule has 0 aromatic heterocycles. The van der Waals surface area contributed by atoms with Gasteiger partial charge in [-0.15, -0.1) is 0 Å². The molecule has 0 bridgehead atoms. The molecule has 4 nitrogen and oxygen atoms in total. The molecular formula is C9H27NO3Si3. The lowest BCUT2D eigenvalue weighted by Crippen LogP contribution is -2.75. The van der Waals surface area contributed by atoms with Gasteiger partial charge in [-0.05, 0) is 0 Å². The fourth-order valence-electron chi connectivity index (χ4n) is 2.35. The summed E-state index contributed by atoms with van der Waals surface area (Å²) in [5.41, 5.74) is 0. The van der Waals surface area contributed by atoms with E-state index in [2.05, 4.69) is 43.2 Å². The smallest absolute Gasteiger partial charge is 0.365 e. The fraction of sp³-hybridized carbons (Fsp3) is 1.00. The first kappa shape index (κ1) is 16.5. The fourth-order valence-corrected chi connectivity index (χ4v) is 19.7. The highest BCUT2D eigenvalue weighted by atomic mass is 28.5. The molecule has 0 N–H and O–H groups in total. The first-order valence-corrected chi connectivity index (χ1v) is 14.1. The van der Waals surface area contributed by atoms with Gasteiger partial charge in [-0.1, -0.05) is 39.3 Å². The van der Waals surface area contributed by atoms with Crippen LogP contribution in [-0.2, 0) is 13.3 Å². The van der Waals surface area contributed by atoms with Crippen molar-refractivity contribution in [3.05, 3.63) is 0 Å². The van der Waals surface area contributed by atoms with Crippen LogP contribution in [0.25, 0.3) is 0 Å². The summed E-state index contributed by atoms with van der Waals surface area (Å²) in [6.07, 6.45) is 0. The van der Waals surface area contributed by atoms with E-state index >= 15 is 0 Å². The van der Waals surface area contributed by atoms with E-state index in [0.717, 1.165) is 0 Å². The van der Waals surface area contributed by atoms with Crippen molar-refractivity contribution in [2.24, 2.45) is 0 Å². The predicted octanol–water partition coefficient (Wildman–Crippen LogP) is 2.33. The third-order valence-electron chi connectivity index (χ3n) is 2.39. The molecule has 0 saturated carbocycles. The topological polar surface area (TPSA) is 30.9 Å². The number of nitrogens with zero attached hydrogens (tertiary/aromatic N) is 1. The second-order valence-electron chi connectivity index (χ2n) is 5.81. The van der Waals surface area contributed by atoms with E-state index in [4.69, 9.17) is 13.3 Å².